The van der Waals surface area contributed by atoms with Crippen LogP contribution in [0, 0.1) is 11.6 Å². The van der Waals surface area contributed by atoms with Crippen molar-refractivity contribution in [3.8, 4) is 5.75 Å². The molecule has 1 aliphatic carbocycles. The number of hydrogen-bond acceptors (Lipinski definition) is 4. The molecule has 0 unspecified atom stereocenters. The quantitative estimate of drug-likeness (QED) is 0.920. The lowest BCUT2D eigenvalue weighted by Crippen LogP contribution is -2.43. The number of rotatable bonds is 3. The molecule has 0 bridgehead atoms. The summed E-state index contributed by atoms with van der Waals surface area (Å²) in [4.78, 5) is -0.976. The summed E-state index contributed by atoms with van der Waals surface area (Å²) >= 11 is 0. The lowest BCUT2D eigenvalue weighted by molar-refractivity contribution is 0.238. The van der Waals surface area contributed by atoms with Gasteiger partial charge in [-0.05, 0) is 25.3 Å². The van der Waals surface area contributed by atoms with Crippen LogP contribution in [-0.2, 0) is 15.4 Å². The third-order valence-corrected chi connectivity index (χ3v) is 4.60. The van der Waals surface area contributed by atoms with Gasteiger partial charge in [0.15, 0.2) is 21.4 Å². The average molecular weight is 291 g/mol. The van der Waals surface area contributed by atoms with Gasteiger partial charge in [-0.15, -0.1) is 0 Å². The second kappa shape index (κ2) is 4.42. The maximum absolute atomic E-state index is 14.2. The summed E-state index contributed by atoms with van der Waals surface area (Å²) in [5.74, 6) is -2.63. The van der Waals surface area contributed by atoms with Gasteiger partial charge in [0, 0.05) is 17.4 Å². The topological polar surface area (TPSA) is 69.4 Å². The second-order valence-corrected chi connectivity index (χ2v) is 6.82. The molecule has 2 N–H and O–H groups in total. The third-order valence-electron chi connectivity index (χ3n) is 3.49. The van der Waals surface area contributed by atoms with Crippen molar-refractivity contribution < 1.29 is 21.9 Å². The largest absolute Gasteiger partial charge is 0.493 e. The first-order chi connectivity index (χ1) is 8.70. The molecule has 0 atom stereocenters. The van der Waals surface area contributed by atoms with E-state index in [0.29, 0.717) is 12.8 Å². The molecule has 0 amide bonds. The van der Waals surface area contributed by atoms with Gasteiger partial charge in [0.2, 0.25) is 0 Å². The molecule has 1 aromatic carbocycles. The fourth-order valence-electron chi connectivity index (χ4n) is 2.32. The molecule has 0 aromatic heterocycles. The monoisotopic (exact) mass is 291 g/mol. The van der Waals surface area contributed by atoms with E-state index < -0.39 is 31.9 Å². The standard InChI is InChI=1S/C12H15F2NO3S/c1-18-10-7(12(15)4-3-5-12)6-8(13)11(9(10)14)19(2,16)17/h6H,3-5,15H2,1-2H3. The molecular formula is C12H15F2NO3S. The Balaban J connectivity index is 2.73. The molecule has 106 valence electrons. The van der Waals surface area contributed by atoms with Gasteiger partial charge >= 0.3 is 0 Å². The minimum absolute atomic E-state index is 0.184. The molecule has 7 heteroatoms. The number of halogens is 2. The van der Waals surface area contributed by atoms with Crippen LogP contribution in [0.1, 0.15) is 24.8 Å². The van der Waals surface area contributed by atoms with Crippen LogP contribution < -0.4 is 10.5 Å². The number of hydrogen-bond donors (Lipinski definition) is 1. The van der Waals surface area contributed by atoms with E-state index in [9.17, 15) is 17.2 Å². The first kappa shape index (κ1) is 14.2. The number of nitrogens with two attached hydrogens (primary N) is 1. The van der Waals surface area contributed by atoms with Crippen molar-refractivity contribution in [1.29, 1.82) is 0 Å². The SMILES string of the molecule is COc1c(C2(N)CCC2)cc(F)c(S(C)(=O)=O)c1F. The zero-order valence-corrected chi connectivity index (χ0v) is 11.5. The Hall–Kier alpha value is -1.21. The van der Waals surface area contributed by atoms with Crippen molar-refractivity contribution in [2.45, 2.75) is 29.7 Å². The maximum Gasteiger partial charge on any atom is 0.186 e. The lowest BCUT2D eigenvalue weighted by atomic mass is 9.72. The average Bonchev–Trinajstić information content (AvgIpc) is 2.23. The molecule has 1 aliphatic rings. The van der Waals surface area contributed by atoms with Gasteiger partial charge in [0.05, 0.1) is 7.11 Å². The molecule has 0 heterocycles. The minimum atomic E-state index is -4.02. The van der Waals surface area contributed by atoms with Crippen LogP contribution >= 0.6 is 0 Å². The van der Waals surface area contributed by atoms with Crippen LogP contribution in [0.5, 0.6) is 5.75 Å². The van der Waals surface area contributed by atoms with Crippen LogP contribution in [-0.4, -0.2) is 21.8 Å². The minimum Gasteiger partial charge on any atom is -0.493 e. The van der Waals surface area contributed by atoms with E-state index in [0.717, 1.165) is 18.7 Å². The van der Waals surface area contributed by atoms with E-state index >= 15 is 0 Å². The summed E-state index contributed by atoms with van der Waals surface area (Å²) in [6.07, 6.45) is 2.77. The molecule has 0 spiro atoms. The summed E-state index contributed by atoms with van der Waals surface area (Å²) < 4.78 is 55.8. The predicted molar refractivity (Wildman–Crippen MR) is 65.7 cm³/mol. The zero-order chi connectivity index (χ0) is 14.4. The third kappa shape index (κ3) is 2.21. The molecule has 1 fully saturated rings. The predicted octanol–water partition coefficient (Wildman–Crippen LogP) is 1.71. The number of sulfone groups is 1. The number of ether oxygens (including phenoxy) is 1. The van der Waals surface area contributed by atoms with Crippen molar-refractivity contribution in [1.82, 2.24) is 0 Å². The Bertz CT molecular complexity index is 624. The summed E-state index contributed by atoms with van der Waals surface area (Å²) in [6, 6.07) is 0.970. The van der Waals surface area contributed by atoms with Gasteiger partial charge in [-0.25, -0.2) is 17.2 Å². The van der Waals surface area contributed by atoms with Crippen molar-refractivity contribution in [2.24, 2.45) is 5.73 Å². The summed E-state index contributed by atoms with van der Waals surface area (Å²) in [7, 11) is -2.82. The Morgan fingerprint density at radius 2 is 1.95 bits per heavy atom. The fourth-order valence-corrected chi connectivity index (χ4v) is 3.15. The highest BCUT2D eigenvalue weighted by Crippen LogP contribution is 2.45. The highest BCUT2D eigenvalue weighted by molar-refractivity contribution is 7.90. The van der Waals surface area contributed by atoms with Crippen molar-refractivity contribution >= 4 is 9.84 Å². The van der Waals surface area contributed by atoms with Gasteiger partial charge in [0.1, 0.15) is 10.7 Å². The van der Waals surface area contributed by atoms with E-state index in [-0.39, 0.29) is 11.3 Å². The van der Waals surface area contributed by atoms with Crippen LogP contribution in [0.2, 0.25) is 0 Å². The van der Waals surface area contributed by atoms with E-state index in [1.54, 1.807) is 0 Å². The van der Waals surface area contributed by atoms with Gasteiger partial charge in [-0.3, -0.25) is 0 Å². The molecule has 2 rings (SSSR count). The summed E-state index contributed by atoms with van der Waals surface area (Å²) in [5.41, 5.74) is 5.37. The van der Waals surface area contributed by atoms with Gasteiger partial charge in [-0.2, -0.15) is 0 Å². The Morgan fingerprint density at radius 1 is 1.37 bits per heavy atom. The van der Waals surface area contributed by atoms with Gasteiger partial charge in [-0.1, -0.05) is 0 Å². The van der Waals surface area contributed by atoms with Crippen molar-refractivity contribution in [3.05, 3.63) is 23.3 Å². The molecule has 0 aliphatic heterocycles. The smallest absolute Gasteiger partial charge is 0.186 e. The van der Waals surface area contributed by atoms with Crippen LogP contribution in [0.15, 0.2) is 11.0 Å². The summed E-state index contributed by atoms with van der Waals surface area (Å²) in [6.45, 7) is 0. The van der Waals surface area contributed by atoms with Crippen LogP contribution in [0.25, 0.3) is 0 Å². The first-order valence-electron chi connectivity index (χ1n) is 5.76. The maximum atomic E-state index is 14.2. The summed E-state index contributed by atoms with van der Waals surface area (Å²) in [5, 5.41) is 0. The fraction of sp³-hybridized carbons (Fsp3) is 0.500. The number of methoxy groups -OCH3 is 1. The van der Waals surface area contributed by atoms with Crippen LogP contribution in [0.4, 0.5) is 8.78 Å². The second-order valence-electron chi connectivity index (χ2n) is 4.86. The molecular weight excluding hydrogens is 276 g/mol. The van der Waals surface area contributed by atoms with Crippen LogP contribution in [0.3, 0.4) is 0 Å². The molecule has 0 saturated heterocycles. The highest BCUT2D eigenvalue weighted by atomic mass is 32.2. The van der Waals surface area contributed by atoms with E-state index in [1.807, 2.05) is 0 Å². The van der Waals surface area contributed by atoms with Gasteiger partial charge < -0.3 is 10.5 Å². The lowest BCUT2D eigenvalue weighted by Gasteiger charge is -2.39. The zero-order valence-electron chi connectivity index (χ0n) is 10.7. The van der Waals surface area contributed by atoms with Crippen molar-refractivity contribution in [3.63, 3.8) is 0 Å². The Kier molecular flexibility index (Phi) is 3.30. The normalized spacial score (nSPS) is 17.9. The Labute approximate surface area is 110 Å². The molecule has 19 heavy (non-hydrogen) atoms. The van der Waals surface area contributed by atoms with E-state index in [4.69, 9.17) is 10.5 Å². The number of benzene rings is 1. The van der Waals surface area contributed by atoms with Gasteiger partial charge in [0.25, 0.3) is 0 Å². The molecule has 4 nitrogen and oxygen atoms in total. The Morgan fingerprint density at radius 3 is 2.32 bits per heavy atom. The molecule has 0 radical (unpaired) electrons. The highest BCUT2D eigenvalue weighted by Gasteiger charge is 2.40. The molecule has 1 saturated carbocycles. The molecule has 1 aromatic rings. The van der Waals surface area contributed by atoms with E-state index in [1.165, 1.54) is 7.11 Å². The van der Waals surface area contributed by atoms with Crippen molar-refractivity contribution in [2.75, 3.05) is 13.4 Å². The first-order valence-corrected chi connectivity index (χ1v) is 7.65. The van der Waals surface area contributed by atoms with E-state index in [2.05, 4.69) is 0 Å².